The number of anilines is 1. The number of benzene rings is 1. The lowest BCUT2D eigenvalue weighted by atomic mass is 10.1. The summed E-state index contributed by atoms with van der Waals surface area (Å²) in [6, 6.07) is 4.77. The first-order valence-corrected chi connectivity index (χ1v) is 11.0. The maximum atomic E-state index is 12.4. The van der Waals surface area contributed by atoms with Crippen LogP contribution < -0.4 is 5.32 Å². The molecule has 0 saturated heterocycles. The van der Waals surface area contributed by atoms with E-state index in [0.717, 1.165) is 35.3 Å². The highest BCUT2D eigenvalue weighted by Gasteiger charge is 2.15. The second-order valence-corrected chi connectivity index (χ2v) is 9.54. The molecule has 0 atom stereocenters. The molecule has 0 aliphatic rings. The minimum absolute atomic E-state index is 0.140. The fraction of sp³-hybridized carbons (Fsp3) is 0.500. The van der Waals surface area contributed by atoms with Gasteiger partial charge in [0.1, 0.15) is 0 Å². The van der Waals surface area contributed by atoms with Gasteiger partial charge in [-0.2, -0.15) is 5.10 Å². The first kappa shape index (κ1) is 21.2. The van der Waals surface area contributed by atoms with Gasteiger partial charge in [0.2, 0.25) is 5.91 Å². The number of sulfone groups is 1. The third kappa shape index (κ3) is 5.42. The van der Waals surface area contributed by atoms with Gasteiger partial charge in [-0.1, -0.05) is 19.9 Å². The summed E-state index contributed by atoms with van der Waals surface area (Å²) >= 11 is 0. The summed E-state index contributed by atoms with van der Waals surface area (Å²) in [4.78, 5) is 12.6. The predicted octanol–water partition coefficient (Wildman–Crippen LogP) is 3.44. The molecule has 2 rings (SSSR count). The number of nitrogens with one attached hydrogen (secondary N) is 1. The van der Waals surface area contributed by atoms with Crippen LogP contribution in [0.25, 0.3) is 0 Å². The molecule has 0 bridgehead atoms. The first-order chi connectivity index (χ1) is 12.5. The van der Waals surface area contributed by atoms with Crippen LogP contribution in [-0.4, -0.2) is 30.4 Å². The van der Waals surface area contributed by atoms with E-state index in [1.165, 1.54) is 6.07 Å². The van der Waals surface area contributed by atoms with Crippen molar-refractivity contribution in [3.05, 3.63) is 40.7 Å². The Kier molecular flexibility index (Phi) is 6.46. The second kappa shape index (κ2) is 8.25. The van der Waals surface area contributed by atoms with Gasteiger partial charge in [-0.05, 0) is 56.4 Å². The number of aryl methyl sites for hydroxylation is 2. The molecular formula is C20H29N3O3S. The first-order valence-electron chi connectivity index (χ1n) is 9.12. The molecule has 27 heavy (non-hydrogen) atoms. The number of carbonyl (C=O) groups excluding carboxylic acids is 1. The largest absolute Gasteiger partial charge is 0.326 e. The van der Waals surface area contributed by atoms with Crippen LogP contribution in [0.2, 0.25) is 0 Å². The molecule has 1 heterocycles. The van der Waals surface area contributed by atoms with Gasteiger partial charge in [-0.25, -0.2) is 8.42 Å². The van der Waals surface area contributed by atoms with Crippen molar-refractivity contribution < 1.29 is 13.2 Å². The Morgan fingerprint density at radius 2 is 1.89 bits per heavy atom. The minimum Gasteiger partial charge on any atom is -0.326 e. The van der Waals surface area contributed by atoms with Crippen LogP contribution in [0.3, 0.4) is 0 Å². The standard InChI is InChI=1S/C20H29N3O3S/c1-13(2)12-23-16(5)18(15(4)22-23)9-10-20(24)21-19-11-17(27(6,25)26)8-7-14(19)3/h7-8,11,13H,9-10,12H2,1-6H3,(H,21,24). The number of carbonyl (C=O) groups is 1. The van der Waals surface area contributed by atoms with Crippen LogP contribution in [0.15, 0.2) is 23.1 Å². The maximum absolute atomic E-state index is 12.4. The molecule has 0 aliphatic carbocycles. The zero-order valence-electron chi connectivity index (χ0n) is 17.0. The number of aromatic nitrogens is 2. The molecule has 0 fully saturated rings. The number of amides is 1. The Morgan fingerprint density at radius 1 is 1.22 bits per heavy atom. The summed E-state index contributed by atoms with van der Waals surface area (Å²) < 4.78 is 25.5. The Hall–Kier alpha value is -2.15. The Labute approximate surface area is 161 Å². The molecule has 0 spiro atoms. The smallest absolute Gasteiger partial charge is 0.224 e. The third-order valence-electron chi connectivity index (χ3n) is 4.58. The summed E-state index contributed by atoms with van der Waals surface area (Å²) in [7, 11) is -3.31. The number of hydrogen-bond donors (Lipinski definition) is 1. The summed E-state index contributed by atoms with van der Waals surface area (Å²) in [5.41, 5.74) is 4.52. The van der Waals surface area contributed by atoms with E-state index >= 15 is 0 Å². The lowest BCUT2D eigenvalue weighted by Gasteiger charge is -2.11. The molecule has 1 amide bonds. The topological polar surface area (TPSA) is 81.1 Å². The highest BCUT2D eigenvalue weighted by molar-refractivity contribution is 7.90. The summed E-state index contributed by atoms with van der Waals surface area (Å²) in [6.45, 7) is 11.0. The average molecular weight is 392 g/mol. The van der Waals surface area contributed by atoms with Crippen molar-refractivity contribution in [3.8, 4) is 0 Å². The van der Waals surface area contributed by atoms with E-state index < -0.39 is 9.84 Å². The van der Waals surface area contributed by atoms with Crippen LogP contribution in [0.5, 0.6) is 0 Å². The molecule has 0 radical (unpaired) electrons. The number of rotatable bonds is 7. The highest BCUT2D eigenvalue weighted by atomic mass is 32.2. The Balaban J connectivity index is 2.09. The van der Waals surface area contributed by atoms with Crippen LogP contribution in [0, 0.1) is 26.7 Å². The van der Waals surface area contributed by atoms with Gasteiger partial charge in [0.05, 0.1) is 10.6 Å². The van der Waals surface area contributed by atoms with E-state index in [0.29, 0.717) is 24.4 Å². The zero-order valence-corrected chi connectivity index (χ0v) is 17.8. The monoisotopic (exact) mass is 391 g/mol. The van der Waals surface area contributed by atoms with Gasteiger partial charge in [-0.15, -0.1) is 0 Å². The highest BCUT2D eigenvalue weighted by Crippen LogP contribution is 2.21. The van der Waals surface area contributed by atoms with Gasteiger partial charge in [0, 0.05) is 30.6 Å². The van der Waals surface area contributed by atoms with Crippen molar-refractivity contribution >= 4 is 21.4 Å². The number of hydrogen-bond acceptors (Lipinski definition) is 4. The molecule has 7 heteroatoms. The SMILES string of the molecule is Cc1ccc(S(C)(=O)=O)cc1NC(=O)CCc1c(C)nn(CC(C)C)c1C. The van der Waals surface area contributed by atoms with Gasteiger partial charge in [0.25, 0.3) is 0 Å². The molecule has 148 valence electrons. The van der Waals surface area contributed by atoms with Crippen molar-refractivity contribution in [1.82, 2.24) is 9.78 Å². The predicted molar refractivity (Wildman–Crippen MR) is 108 cm³/mol. The fourth-order valence-corrected chi connectivity index (χ4v) is 3.68. The normalized spacial score (nSPS) is 11.8. The third-order valence-corrected chi connectivity index (χ3v) is 5.69. The number of nitrogens with zero attached hydrogens (tertiary/aromatic N) is 2. The molecule has 1 aromatic heterocycles. The molecule has 0 saturated carbocycles. The van der Waals surface area contributed by atoms with Crippen LogP contribution in [-0.2, 0) is 27.6 Å². The quantitative estimate of drug-likeness (QED) is 0.784. The maximum Gasteiger partial charge on any atom is 0.224 e. The second-order valence-electron chi connectivity index (χ2n) is 7.52. The zero-order chi connectivity index (χ0) is 20.4. The summed E-state index contributed by atoms with van der Waals surface area (Å²) in [5.74, 6) is 0.364. The average Bonchev–Trinajstić information content (AvgIpc) is 2.79. The molecule has 1 N–H and O–H groups in total. The van der Waals surface area contributed by atoms with Gasteiger partial charge in [-0.3, -0.25) is 9.48 Å². The molecule has 6 nitrogen and oxygen atoms in total. The van der Waals surface area contributed by atoms with E-state index in [1.54, 1.807) is 12.1 Å². The van der Waals surface area contributed by atoms with Crippen molar-refractivity contribution in [2.75, 3.05) is 11.6 Å². The van der Waals surface area contributed by atoms with Crippen molar-refractivity contribution in [1.29, 1.82) is 0 Å². The Morgan fingerprint density at radius 3 is 2.48 bits per heavy atom. The molecule has 1 aromatic carbocycles. The van der Waals surface area contributed by atoms with E-state index in [2.05, 4.69) is 24.3 Å². The molecule has 2 aromatic rings. The molecule has 0 aliphatic heterocycles. The van der Waals surface area contributed by atoms with Crippen molar-refractivity contribution in [2.45, 2.75) is 58.9 Å². The summed E-state index contributed by atoms with van der Waals surface area (Å²) in [6.07, 6.45) is 2.08. The Bertz CT molecular complexity index is 944. The van der Waals surface area contributed by atoms with Gasteiger partial charge in [0.15, 0.2) is 9.84 Å². The van der Waals surface area contributed by atoms with Gasteiger partial charge >= 0.3 is 0 Å². The van der Waals surface area contributed by atoms with Crippen LogP contribution >= 0.6 is 0 Å². The van der Waals surface area contributed by atoms with Crippen LogP contribution in [0.1, 0.15) is 42.8 Å². The minimum atomic E-state index is -3.31. The van der Waals surface area contributed by atoms with Crippen molar-refractivity contribution in [3.63, 3.8) is 0 Å². The lowest BCUT2D eigenvalue weighted by molar-refractivity contribution is -0.116. The van der Waals surface area contributed by atoms with E-state index in [1.807, 2.05) is 25.5 Å². The molecule has 0 unspecified atom stereocenters. The van der Waals surface area contributed by atoms with E-state index in [-0.39, 0.29) is 10.8 Å². The molecular weight excluding hydrogens is 362 g/mol. The van der Waals surface area contributed by atoms with Gasteiger partial charge < -0.3 is 5.32 Å². The van der Waals surface area contributed by atoms with E-state index in [4.69, 9.17) is 0 Å². The van der Waals surface area contributed by atoms with Crippen LogP contribution in [0.4, 0.5) is 5.69 Å². The lowest BCUT2D eigenvalue weighted by Crippen LogP contribution is -2.14. The van der Waals surface area contributed by atoms with E-state index in [9.17, 15) is 13.2 Å². The summed E-state index contributed by atoms with van der Waals surface area (Å²) in [5, 5.41) is 7.42. The fourth-order valence-electron chi connectivity index (χ4n) is 3.04. The van der Waals surface area contributed by atoms with Crippen molar-refractivity contribution in [2.24, 2.45) is 5.92 Å².